The largest absolute Gasteiger partial charge is 0.472 e. The minimum Gasteiger partial charge on any atom is -0.472 e. The normalized spacial score (nSPS) is 10.0. The molecule has 7 heteroatoms. The molecule has 0 unspecified atom stereocenters. The lowest BCUT2D eigenvalue weighted by atomic mass is 10.3. The fraction of sp³-hybridized carbons (Fsp3) is 0.143. The molecule has 2 aromatic rings. The molecule has 72 valence electrons. The molecule has 2 N–H and O–H groups in total. The van der Waals surface area contributed by atoms with Crippen LogP contribution in [-0.4, -0.2) is 26.5 Å². The lowest BCUT2D eigenvalue weighted by Crippen LogP contribution is -2.23. The van der Waals surface area contributed by atoms with Crippen LogP contribution in [-0.2, 0) is 6.54 Å². The maximum absolute atomic E-state index is 11.3. The molecule has 0 saturated carbocycles. The van der Waals surface area contributed by atoms with Gasteiger partial charge in [0, 0.05) is 12.1 Å². The molecule has 0 saturated heterocycles. The van der Waals surface area contributed by atoms with Crippen molar-refractivity contribution in [1.82, 2.24) is 25.9 Å². The van der Waals surface area contributed by atoms with Crippen LogP contribution in [0.1, 0.15) is 16.2 Å². The summed E-state index contributed by atoms with van der Waals surface area (Å²) in [6.07, 6.45) is 3.09. The molecule has 0 atom stereocenters. The lowest BCUT2D eigenvalue weighted by Gasteiger charge is -1.97. The maximum atomic E-state index is 11.3. The average Bonchev–Trinajstić information content (AvgIpc) is 2.87. The van der Waals surface area contributed by atoms with Crippen LogP contribution in [0.3, 0.4) is 0 Å². The van der Waals surface area contributed by atoms with Crippen LogP contribution in [0, 0.1) is 0 Å². The van der Waals surface area contributed by atoms with Crippen molar-refractivity contribution in [3.63, 3.8) is 0 Å². The quantitative estimate of drug-likeness (QED) is 0.698. The number of hydrogen-bond acceptors (Lipinski definition) is 5. The predicted octanol–water partition coefficient (Wildman–Crippen LogP) is -0.277. The first-order chi connectivity index (χ1) is 6.86. The van der Waals surface area contributed by atoms with E-state index >= 15 is 0 Å². The Morgan fingerprint density at radius 1 is 1.64 bits per heavy atom. The van der Waals surface area contributed by atoms with E-state index in [4.69, 9.17) is 4.42 Å². The number of furan rings is 1. The number of carbonyl (C=O) groups is 1. The number of amides is 1. The topological polar surface area (TPSA) is 96.7 Å². The summed E-state index contributed by atoms with van der Waals surface area (Å²) in [6.45, 7) is 0.379. The number of nitrogens with one attached hydrogen (secondary N) is 2. The summed E-state index contributed by atoms with van der Waals surface area (Å²) in [5.74, 6) is -0.353. The van der Waals surface area contributed by atoms with Gasteiger partial charge in [-0.3, -0.25) is 4.79 Å². The lowest BCUT2D eigenvalue weighted by molar-refractivity contribution is 0.0940. The second kappa shape index (κ2) is 3.69. The molecule has 0 spiro atoms. The molecule has 0 fully saturated rings. The van der Waals surface area contributed by atoms with Crippen molar-refractivity contribution in [2.45, 2.75) is 6.54 Å². The van der Waals surface area contributed by atoms with Gasteiger partial charge in [0.05, 0.1) is 12.5 Å². The van der Waals surface area contributed by atoms with Crippen molar-refractivity contribution < 1.29 is 9.21 Å². The van der Waals surface area contributed by atoms with Gasteiger partial charge in [-0.15, -0.1) is 10.2 Å². The number of tetrazole rings is 1. The molecule has 2 heterocycles. The first kappa shape index (κ1) is 8.42. The van der Waals surface area contributed by atoms with Crippen molar-refractivity contribution in [3.8, 4) is 0 Å². The minimum absolute atomic E-state index is 0.0218. The first-order valence-electron chi connectivity index (χ1n) is 3.89. The van der Waals surface area contributed by atoms with Gasteiger partial charge in [-0.1, -0.05) is 0 Å². The Hall–Kier alpha value is -2.18. The highest BCUT2D eigenvalue weighted by molar-refractivity contribution is 5.89. The fourth-order valence-electron chi connectivity index (χ4n) is 0.913. The molecule has 0 aromatic carbocycles. The summed E-state index contributed by atoms with van der Waals surface area (Å²) in [5, 5.41) is 15.1. The van der Waals surface area contributed by atoms with Gasteiger partial charge >= 0.3 is 0 Å². The van der Waals surface area contributed by atoms with Gasteiger partial charge in [-0.05, 0) is 11.3 Å². The van der Waals surface area contributed by atoms with Gasteiger partial charge in [-0.25, -0.2) is 0 Å². The van der Waals surface area contributed by atoms with E-state index < -0.39 is 0 Å². The highest BCUT2D eigenvalue weighted by Gasteiger charge is 2.09. The van der Waals surface area contributed by atoms with Gasteiger partial charge < -0.3 is 9.73 Å². The summed E-state index contributed by atoms with van der Waals surface area (Å²) >= 11 is 0. The van der Waals surface area contributed by atoms with E-state index in [0.717, 1.165) is 5.56 Å². The Kier molecular flexibility index (Phi) is 2.22. The number of aromatic nitrogens is 4. The van der Waals surface area contributed by atoms with Crippen LogP contribution in [0.4, 0.5) is 0 Å². The first-order valence-corrected chi connectivity index (χ1v) is 3.89. The predicted molar refractivity (Wildman–Crippen MR) is 44.1 cm³/mol. The van der Waals surface area contributed by atoms with Gasteiger partial charge in [0.15, 0.2) is 0 Å². The van der Waals surface area contributed by atoms with Crippen LogP contribution in [0.5, 0.6) is 0 Å². The van der Waals surface area contributed by atoms with Crippen molar-refractivity contribution in [2.24, 2.45) is 0 Å². The van der Waals surface area contributed by atoms with Crippen molar-refractivity contribution >= 4 is 5.91 Å². The number of hydrogen-bond donors (Lipinski definition) is 2. The van der Waals surface area contributed by atoms with Crippen LogP contribution >= 0.6 is 0 Å². The number of nitrogens with zero attached hydrogens (tertiary/aromatic N) is 3. The molecule has 0 aliphatic rings. The maximum Gasteiger partial charge on any atom is 0.293 e. The molecule has 7 nitrogen and oxygen atoms in total. The molecule has 14 heavy (non-hydrogen) atoms. The second-order valence-electron chi connectivity index (χ2n) is 2.55. The van der Waals surface area contributed by atoms with Crippen LogP contribution in [0.2, 0.25) is 0 Å². The zero-order valence-corrected chi connectivity index (χ0v) is 7.10. The van der Waals surface area contributed by atoms with E-state index in [1.807, 2.05) is 0 Å². The smallest absolute Gasteiger partial charge is 0.293 e. The monoisotopic (exact) mass is 193 g/mol. The molecule has 1 amide bonds. The summed E-state index contributed by atoms with van der Waals surface area (Å²) in [6, 6.07) is 1.76. The van der Waals surface area contributed by atoms with Crippen molar-refractivity contribution in [1.29, 1.82) is 0 Å². The molecular weight excluding hydrogens is 186 g/mol. The zero-order valence-electron chi connectivity index (χ0n) is 7.10. The summed E-state index contributed by atoms with van der Waals surface area (Å²) in [7, 11) is 0. The summed E-state index contributed by atoms with van der Waals surface area (Å²) < 4.78 is 4.84. The Bertz CT molecular complexity index is 394. The number of aromatic amines is 1. The molecule has 0 aliphatic carbocycles. The molecular formula is C7H7N5O2. The molecule has 0 aliphatic heterocycles. The minimum atomic E-state index is -0.375. The Morgan fingerprint density at radius 2 is 2.57 bits per heavy atom. The van der Waals surface area contributed by atoms with Gasteiger partial charge in [0.2, 0.25) is 0 Å². The molecule has 2 rings (SSSR count). The third kappa shape index (κ3) is 1.76. The second-order valence-corrected chi connectivity index (χ2v) is 2.55. The van der Waals surface area contributed by atoms with E-state index in [1.54, 1.807) is 12.3 Å². The van der Waals surface area contributed by atoms with Crippen LogP contribution < -0.4 is 5.32 Å². The van der Waals surface area contributed by atoms with Crippen LogP contribution in [0.25, 0.3) is 0 Å². The van der Waals surface area contributed by atoms with Crippen molar-refractivity contribution in [3.05, 3.63) is 30.0 Å². The summed E-state index contributed by atoms with van der Waals surface area (Å²) in [4.78, 5) is 11.3. The summed E-state index contributed by atoms with van der Waals surface area (Å²) in [5.41, 5.74) is 0.877. The third-order valence-corrected chi connectivity index (χ3v) is 1.58. The SMILES string of the molecule is O=C(NCc1ccoc1)c1nn[nH]n1. The third-order valence-electron chi connectivity index (χ3n) is 1.58. The van der Waals surface area contributed by atoms with Gasteiger partial charge in [0.1, 0.15) is 0 Å². The van der Waals surface area contributed by atoms with E-state index in [-0.39, 0.29) is 11.7 Å². The van der Waals surface area contributed by atoms with Crippen LogP contribution in [0.15, 0.2) is 23.0 Å². The Labute approximate surface area is 78.5 Å². The highest BCUT2D eigenvalue weighted by atomic mass is 16.3. The highest BCUT2D eigenvalue weighted by Crippen LogP contribution is 1.98. The number of rotatable bonds is 3. The molecule has 0 radical (unpaired) electrons. The average molecular weight is 193 g/mol. The van der Waals surface area contributed by atoms with E-state index in [9.17, 15) is 4.79 Å². The standard InChI is InChI=1S/C7H7N5O2/c13-7(6-9-11-12-10-6)8-3-5-1-2-14-4-5/h1-2,4H,3H2,(H,8,13)(H,9,10,11,12). The van der Waals surface area contributed by atoms with E-state index in [1.165, 1.54) is 6.26 Å². The Morgan fingerprint density at radius 3 is 3.21 bits per heavy atom. The number of carbonyl (C=O) groups excluding carboxylic acids is 1. The fourth-order valence-corrected chi connectivity index (χ4v) is 0.913. The van der Waals surface area contributed by atoms with E-state index in [0.29, 0.717) is 6.54 Å². The zero-order chi connectivity index (χ0) is 9.80. The van der Waals surface area contributed by atoms with Gasteiger partial charge in [0.25, 0.3) is 11.7 Å². The number of H-pyrrole nitrogens is 1. The van der Waals surface area contributed by atoms with E-state index in [2.05, 4.69) is 25.9 Å². The van der Waals surface area contributed by atoms with Gasteiger partial charge in [-0.2, -0.15) is 5.21 Å². The molecule has 0 bridgehead atoms. The molecule has 2 aromatic heterocycles. The van der Waals surface area contributed by atoms with Crippen molar-refractivity contribution in [2.75, 3.05) is 0 Å². The Balaban J connectivity index is 1.90.